The Morgan fingerprint density at radius 2 is 2.28 bits per heavy atom. The van der Waals surface area contributed by atoms with E-state index in [1.807, 2.05) is 6.92 Å². The van der Waals surface area contributed by atoms with E-state index in [2.05, 4.69) is 4.98 Å². The molecule has 0 saturated carbocycles. The maximum Gasteiger partial charge on any atom is 0.314 e. The number of rotatable bonds is 4. The van der Waals surface area contributed by atoms with Crippen LogP contribution >= 0.6 is 11.3 Å². The number of thiophene rings is 1. The lowest BCUT2D eigenvalue weighted by atomic mass is 9.98. The molecule has 134 valence electrons. The molecule has 2 aliphatic rings. The second-order valence-electron chi connectivity index (χ2n) is 7.02. The van der Waals surface area contributed by atoms with E-state index in [4.69, 9.17) is 9.72 Å². The van der Waals surface area contributed by atoms with Crippen molar-refractivity contribution in [3.8, 4) is 0 Å². The van der Waals surface area contributed by atoms with Crippen LogP contribution in [0.2, 0.25) is 0 Å². The van der Waals surface area contributed by atoms with E-state index in [9.17, 15) is 9.59 Å². The molecule has 0 bridgehead atoms. The molecule has 2 atom stereocenters. The SMILES string of the molecule is CCOC(=O)[C@H]1CCC[NH+](Cc2nc3sc4c(c3c(=O)[nH]2)CCC4)C1. The van der Waals surface area contributed by atoms with Gasteiger partial charge in [-0.2, -0.15) is 0 Å². The molecule has 25 heavy (non-hydrogen) atoms. The van der Waals surface area contributed by atoms with Crippen LogP contribution in [0.25, 0.3) is 10.2 Å². The summed E-state index contributed by atoms with van der Waals surface area (Å²) < 4.78 is 5.17. The molecule has 0 radical (unpaired) electrons. The van der Waals surface area contributed by atoms with Gasteiger partial charge in [-0.15, -0.1) is 11.3 Å². The molecule has 0 amide bonds. The molecule has 0 aromatic carbocycles. The summed E-state index contributed by atoms with van der Waals surface area (Å²) in [5.41, 5.74) is 1.21. The maximum absolute atomic E-state index is 12.5. The third kappa shape index (κ3) is 3.22. The lowest BCUT2D eigenvalue weighted by molar-refractivity contribution is -0.921. The number of nitrogens with zero attached hydrogens (tertiary/aromatic N) is 1. The van der Waals surface area contributed by atoms with Gasteiger partial charge in [-0.1, -0.05) is 0 Å². The molecule has 6 nitrogen and oxygen atoms in total. The number of ether oxygens (including phenoxy) is 1. The fourth-order valence-corrected chi connectivity index (χ4v) is 5.42. The van der Waals surface area contributed by atoms with Crippen molar-refractivity contribution in [2.24, 2.45) is 5.92 Å². The third-order valence-electron chi connectivity index (χ3n) is 5.28. The number of nitrogens with one attached hydrogen (secondary N) is 2. The van der Waals surface area contributed by atoms with Crippen LogP contribution in [0.4, 0.5) is 0 Å². The number of likely N-dealkylation sites (tertiary alicyclic amines) is 1. The molecule has 3 heterocycles. The van der Waals surface area contributed by atoms with Crippen molar-refractivity contribution in [1.82, 2.24) is 9.97 Å². The zero-order chi connectivity index (χ0) is 17.4. The van der Waals surface area contributed by atoms with E-state index in [0.717, 1.165) is 61.2 Å². The van der Waals surface area contributed by atoms with E-state index in [1.165, 1.54) is 15.3 Å². The Morgan fingerprint density at radius 3 is 3.12 bits per heavy atom. The number of aromatic nitrogens is 2. The number of aryl methyl sites for hydroxylation is 2. The molecule has 2 aromatic rings. The highest BCUT2D eigenvalue weighted by Crippen LogP contribution is 2.34. The number of piperidine rings is 1. The summed E-state index contributed by atoms with van der Waals surface area (Å²) in [4.78, 5) is 35.8. The van der Waals surface area contributed by atoms with Crippen LogP contribution in [0.3, 0.4) is 0 Å². The second-order valence-corrected chi connectivity index (χ2v) is 8.11. The number of hydrogen-bond acceptors (Lipinski definition) is 5. The molecule has 4 rings (SSSR count). The number of fused-ring (bicyclic) bond motifs is 3. The summed E-state index contributed by atoms with van der Waals surface area (Å²) in [7, 11) is 0. The van der Waals surface area contributed by atoms with Crippen molar-refractivity contribution in [3.05, 3.63) is 26.6 Å². The molecule has 1 fully saturated rings. The molecule has 1 unspecified atom stereocenters. The van der Waals surface area contributed by atoms with Crippen molar-refractivity contribution in [2.75, 3.05) is 19.7 Å². The van der Waals surface area contributed by atoms with Crippen molar-refractivity contribution in [2.45, 2.75) is 45.6 Å². The molecule has 2 N–H and O–H groups in total. The Morgan fingerprint density at radius 1 is 1.40 bits per heavy atom. The first kappa shape index (κ1) is 16.7. The number of aromatic amines is 1. The molecular weight excluding hydrogens is 338 g/mol. The standard InChI is InChI=1S/C18H23N3O3S/c1-2-24-18(23)11-5-4-8-21(9-11)10-14-19-16(22)15-12-6-3-7-13(12)25-17(15)20-14/h11H,2-10H2,1H3,(H,19,20,22)/p+1/t11-/m0/s1. The largest absolute Gasteiger partial charge is 0.466 e. The van der Waals surface area contributed by atoms with Crippen LogP contribution in [-0.4, -0.2) is 35.6 Å². The smallest absolute Gasteiger partial charge is 0.314 e. The number of hydrogen-bond donors (Lipinski definition) is 2. The minimum Gasteiger partial charge on any atom is -0.466 e. The van der Waals surface area contributed by atoms with Crippen LogP contribution in [0.1, 0.15) is 42.5 Å². The van der Waals surface area contributed by atoms with Crippen LogP contribution in [0.5, 0.6) is 0 Å². The summed E-state index contributed by atoms with van der Waals surface area (Å²) in [6.45, 7) is 4.68. The molecular formula is C18H24N3O3S+. The first-order valence-corrected chi connectivity index (χ1v) is 10.0. The van der Waals surface area contributed by atoms with E-state index in [-0.39, 0.29) is 17.4 Å². The first-order chi connectivity index (χ1) is 12.2. The first-order valence-electron chi connectivity index (χ1n) is 9.19. The third-order valence-corrected chi connectivity index (χ3v) is 6.47. The van der Waals surface area contributed by atoms with Crippen molar-refractivity contribution in [3.63, 3.8) is 0 Å². The Bertz CT molecular complexity index is 857. The van der Waals surface area contributed by atoms with E-state index >= 15 is 0 Å². The predicted octanol–water partition coefficient (Wildman–Crippen LogP) is 0.831. The van der Waals surface area contributed by atoms with Crippen LogP contribution in [0, 0.1) is 5.92 Å². The molecule has 1 aliphatic heterocycles. The number of carbonyl (C=O) groups is 1. The van der Waals surface area contributed by atoms with Crippen molar-refractivity contribution in [1.29, 1.82) is 0 Å². The summed E-state index contributed by atoms with van der Waals surface area (Å²) in [6.07, 6.45) is 5.11. The average Bonchev–Trinajstić information content (AvgIpc) is 3.15. The van der Waals surface area contributed by atoms with Crippen LogP contribution in [-0.2, 0) is 28.9 Å². The van der Waals surface area contributed by atoms with Gasteiger partial charge in [0.1, 0.15) is 17.3 Å². The highest BCUT2D eigenvalue weighted by atomic mass is 32.1. The summed E-state index contributed by atoms with van der Waals surface area (Å²) >= 11 is 1.67. The predicted molar refractivity (Wildman–Crippen MR) is 96.0 cm³/mol. The lowest BCUT2D eigenvalue weighted by Crippen LogP contribution is -3.12. The van der Waals surface area contributed by atoms with Gasteiger partial charge in [0.2, 0.25) is 0 Å². The molecule has 1 saturated heterocycles. The van der Waals surface area contributed by atoms with Gasteiger partial charge in [0.05, 0.1) is 25.1 Å². The zero-order valence-electron chi connectivity index (χ0n) is 14.5. The Kier molecular flexibility index (Phi) is 4.60. The summed E-state index contributed by atoms with van der Waals surface area (Å²) in [5, 5.41) is 0.805. The summed E-state index contributed by atoms with van der Waals surface area (Å²) in [5.74, 6) is 0.605. The fourth-order valence-electron chi connectivity index (χ4n) is 4.14. The normalized spacial score (nSPS) is 22.9. The highest BCUT2D eigenvalue weighted by molar-refractivity contribution is 7.18. The van der Waals surface area contributed by atoms with E-state index in [0.29, 0.717) is 13.2 Å². The van der Waals surface area contributed by atoms with E-state index in [1.54, 1.807) is 11.3 Å². The number of carbonyl (C=O) groups excluding carboxylic acids is 1. The molecule has 0 spiro atoms. The van der Waals surface area contributed by atoms with Gasteiger partial charge in [-0.25, -0.2) is 4.98 Å². The van der Waals surface area contributed by atoms with Crippen molar-refractivity contribution >= 4 is 27.5 Å². The topological polar surface area (TPSA) is 76.5 Å². The van der Waals surface area contributed by atoms with Gasteiger partial charge in [0.25, 0.3) is 5.56 Å². The minimum atomic E-state index is -0.0914. The maximum atomic E-state index is 12.5. The number of esters is 1. The quantitative estimate of drug-likeness (QED) is 0.790. The van der Waals surface area contributed by atoms with Gasteiger partial charge in [0.15, 0.2) is 5.82 Å². The van der Waals surface area contributed by atoms with Crippen molar-refractivity contribution < 1.29 is 14.4 Å². The molecule has 1 aliphatic carbocycles. The van der Waals surface area contributed by atoms with Gasteiger partial charge in [-0.3, -0.25) is 9.59 Å². The minimum absolute atomic E-state index is 0.00208. The zero-order valence-corrected chi connectivity index (χ0v) is 15.3. The molecule has 7 heteroatoms. The number of quaternary nitrogens is 1. The van der Waals surface area contributed by atoms with Gasteiger partial charge < -0.3 is 14.6 Å². The van der Waals surface area contributed by atoms with Gasteiger partial charge in [-0.05, 0) is 44.6 Å². The Labute approximate surface area is 150 Å². The van der Waals surface area contributed by atoms with Gasteiger partial charge >= 0.3 is 5.97 Å². The summed E-state index contributed by atoms with van der Waals surface area (Å²) in [6, 6.07) is 0. The van der Waals surface area contributed by atoms with Crippen LogP contribution in [0.15, 0.2) is 4.79 Å². The lowest BCUT2D eigenvalue weighted by Gasteiger charge is -2.28. The van der Waals surface area contributed by atoms with Crippen LogP contribution < -0.4 is 10.5 Å². The highest BCUT2D eigenvalue weighted by Gasteiger charge is 2.30. The van der Waals surface area contributed by atoms with E-state index < -0.39 is 0 Å². The fraction of sp³-hybridized carbons (Fsp3) is 0.611. The average molecular weight is 362 g/mol. The van der Waals surface area contributed by atoms with Gasteiger partial charge in [0, 0.05) is 4.88 Å². The monoisotopic (exact) mass is 362 g/mol. The molecule has 2 aromatic heterocycles. The number of H-pyrrole nitrogens is 1. The second kappa shape index (κ2) is 6.88. The Balaban J connectivity index is 1.53. The Hall–Kier alpha value is -1.73.